The number of nitrogens with zero attached hydrogens (tertiary/aromatic N) is 1. The first-order chi connectivity index (χ1) is 16.7. The van der Waals surface area contributed by atoms with Crippen LogP contribution < -0.4 is 5.48 Å². The van der Waals surface area contributed by atoms with E-state index in [2.05, 4.69) is 64.3 Å². The van der Waals surface area contributed by atoms with Gasteiger partial charge in [-0.25, -0.2) is 5.48 Å². The molecule has 5 nitrogen and oxygen atoms in total. The average Bonchev–Trinajstić information content (AvgIpc) is 3.29. The van der Waals surface area contributed by atoms with E-state index >= 15 is 0 Å². The quantitative estimate of drug-likeness (QED) is 0.101. The number of aromatic nitrogens is 1. The number of unbranched alkanes of at least 4 members (excludes halogenated alkanes) is 4. The smallest absolute Gasteiger partial charge is 0.267 e. The van der Waals surface area contributed by atoms with E-state index in [4.69, 9.17) is 5.21 Å². The molecule has 0 atom stereocenters. The van der Waals surface area contributed by atoms with Crippen molar-refractivity contribution in [3.8, 4) is 11.8 Å². The molecule has 0 radical (unpaired) electrons. The Hall–Kier alpha value is -3.33. The minimum atomic E-state index is -0.533. The lowest BCUT2D eigenvalue weighted by Crippen LogP contribution is -2.27. The lowest BCUT2D eigenvalue weighted by atomic mass is 10.1. The maximum absolute atomic E-state index is 11.2. The molecule has 0 aliphatic carbocycles. The molecule has 0 saturated heterocycles. The van der Waals surface area contributed by atoms with Crippen molar-refractivity contribution in [3.05, 3.63) is 77.5 Å². The first-order valence-corrected chi connectivity index (χ1v) is 12.1. The Morgan fingerprint density at radius 3 is 2.65 bits per heavy atom. The van der Waals surface area contributed by atoms with Gasteiger partial charge in [-0.05, 0) is 61.6 Å². The number of H-pyrrole nitrogens is 1. The molecule has 0 aliphatic heterocycles. The van der Waals surface area contributed by atoms with Gasteiger partial charge in [-0.3, -0.25) is 14.9 Å². The Morgan fingerprint density at radius 2 is 1.85 bits per heavy atom. The van der Waals surface area contributed by atoms with Gasteiger partial charge in [0, 0.05) is 42.7 Å². The minimum absolute atomic E-state index is 0.533. The molecule has 2 aromatic carbocycles. The summed E-state index contributed by atoms with van der Waals surface area (Å²) in [5.41, 5.74) is 6.34. The summed E-state index contributed by atoms with van der Waals surface area (Å²) in [6.07, 6.45) is 12.0. The number of rotatable bonds is 13. The summed E-state index contributed by atoms with van der Waals surface area (Å²) in [7, 11) is 0. The molecule has 0 aliphatic rings. The van der Waals surface area contributed by atoms with Crippen molar-refractivity contribution in [3.63, 3.8) is 0 Å². The summed E-state index contributed by atoms with van der Waals surface area (Å²) >= 11 is 0. The summed E-state index contributed by atoms with van der Waals surface area (Å²) in [6, 6.07) is 16.7. The van der Waals surface area contributed by atoms with Crippen molar-refractivity contribution in [1.29, 1.82) is 0 Å². The molecule has 178 valence electrons. The summed E-state index contributed by atoms with van der Waals surface area (Å²) < 4.78 is 0. The summed E-state index contributed by atoms with van der Waals surface area (Å²) in [4.78, 5) is 17.1. The van der Waals surface area contributed by atoms with Crippen LogP contribution in [0, 0.1) is 11.8 Å². The van der Waals surface area contributed by atoms with Gasteiger partial charge in [0.1, 0.15) is 0 Å². The number of benzene rings is 2. The molecule has 34 heavy (non-hydrogen) atoms. The van der Waals surface area contributed by atoms with Gasteiger partial charge in [0.25, 0.3) is 5.91 Å². The molecule has 1 amide bonds. The normalized spacial score (nSPS) is 11.1. The van der Waals surface area contributed by atoms with Crippen LogP contribution in [0.4, 0.5) is 0 Å². The van der Waals surface area contributed by atoms with Crippen LogP contribution in [0.15, 0.2) is 60.8 Å². The van der Waals surface area contributed by atoms with Crippen LogP contribution in [0.25, 0.3) is 17.0 Å². The standard InChI is InChI=1S/C29H35N3O2/c1-2-3-4-5-6-7-10-20-32(21-19-26-22-30-28-12-9-8-11-27(26)28)23-25-15-13-24(14-16-25)17-18-29(33)31-34/h8-9,11-18,22,30,34H,4-7,10,19-21,23H2,1H3,(H,31,33)/b18-17+. The van der Waals surface area contributed by atoms with E-state index in [1.165, 1.54) is 53.8 Å². The first kappa shape index (κ1) is 25.3. The summed E-state index contributed by atoms with van der Waals surface area (Å²) in [6.45, 7) is 4.87. The van der Waals surface area contributed by atoms with Crippen molar-refractivity contribution in [2.45, 2.75) is 52.0 Å². The fraction of sp³-hybridized carbons (Fsp3) is 0.345. The molecular weight excluding hydrogens is 422 g/mol. The summed E-state index contributed by atoms with van der Waals surface area (Å²) in [5.74, 6) is 5.59. The number of nitrogens with one attached hydrogen (secondary N) is 2. The average molecular weight is 458 g/mol. The number of hydrogen-bond donors (Lipinski definition) is 3. The van der Waals surface area contributed by atoms with Crippen molar-refractivity contribution in [2.75, 3.05) is 13.1 Å². The molecule has 0 fully saturated rings. The zero-order chi connectivity index (χ0) is 24.0. The number of para-hydroxylation sites is 1. The van der Waals surface area contributed by atoms with E-state index < -0.39 is 5.91 Å². The van der Waals surface area contributed by atoms with Gasteiger partial charge in [-0.1, -0.05) is 55.3 Å². The van der Waals surface area contributed by atoms with Gasteiger partial charge in [0.2, 0.25) is 0 Å². The van der Waals surface area contributed by atoms with E-state index in [0.29, 0.717) is 0 Å². The van der Waals surface area contributed by atoms with Crippen LogP contribution in [0.5, 0.6) is 0 Å². The lowest BCUT2D eigenvalue weighted by Gasteiger charge is -2.22. The van der Waals surface area contributed by atoms with Crippen molar-refractivity contribution in [1.82, 2.24) is 15.4 Å². The Balaban J connectivity index is 1.59. The molecule has 1 heterocycles. The van der Waals surface area contributed by atoms with Crippen molar-refractivity contribution in [2.24, 2.45) is 0 Å². The second kappa shape index (κ2) is 14.0. The summed E-state index contributed by atoms with van der Waals surface area (Å²) in [5, 5.41) is 9.92. The number of fused-ring (bicyclic) bond motifs is 1. The van der Waals surface area contributed by atoms with Gasteiger partial charge in [-0.15, -0.1) is 11.8 Å². The van der Waals surface area contributed by atoms with Crippen molar-refractivity contribution >= 4 is 22.9 Å². The molecular formula is C29H35N3O2. The molecule has 0 saturated carbocycles. The molecule has 1 aromatic heterocycles. The second-order valence-corrected chi connectivity index (χ2v) is 8.53. The highest BCUT2D eigenvalue weighted by Crippen LogP contribution is 2.19. The number of carbonyl (C=O) groups is 1. The Bertz CT molecular complexity index is 1120. The van der Waals surface area contributed by atoms with Crippen LogP contribution >= 0.6 is 0 Å². The van der Waals surface area contributed by atoms with Crippen LogP contribution in [0.1, 0.15) is 55.7 Å². The predicted molar refractivity (Wildman–Crippen MR) is 139 cm³/mol. The highest BCUT2D eigenvalue weighted by molar-refractivity contribution is 5.90. The van der Waals surface area contributed by atoms with E-state index in [1.54, 1.807) is 11.6 Å². The van der Waals surface area contributed by atoms with E-state index in [9.17, 15) is 4.79 Å². The van der Waals surface area contributed by atoms with E-state index in [-0.39, 0.29) is 0 Å². The molecule has 0 bridgehead atoms. The fourth-order valence-electron chi connectivity index (χ4n) is 4.12. The van der Waals surface area contributed by atoms with Gasteiger partial charge >= 0.3 is 0 Å². The third-order valence-corrected chi connectivity index (χ3v) is 6.00. The highest BCUT2D eigenvalue weighted by atomic mass is 16.5. The number of amides is 1. The predicted octanol–water partition coefficient (Wildman–Crippen LogP) is 5.71. The zero-order valence-electron chi connectivity index (χ0n) is 20.0. The van der Waals surface area contributed by atoms with Crippen LogP contribution in [-0.2, 0) is 17.8 Å². The maximum Gasteiger partial charge on any atom is 0.267 e. The third kappa shape index (κ3) is 8.22. The van der Waals surface area contributed by atoms with Crippen LogP contribution in [0.3, 0.4) is 0 Å². The Labute approximate surface area is 202 Å². The fourth-order valence-corrected chi connectivity index (χ4v) is 4.12. The van der Waals surface area contributed by atoms with Gasteiger partial charge in [-0.2, -0.15) is 0 Å². The van der Waals surface area contributed by atoms with Gasteiger partial charge in [0.05, 0.1) is 0 Å². The molecule has 3 aromatic rings. The maximum atomic E-state index is 11.2. The largest absolute Gasteiger partial charge is 0.361 e. The molecule has 3 N–H and O–H groups in total. The Morgan fingerprint density at radius 1 is 1.06 bits per heavy atom. The monoisotopic (exact) mass is 457 g/mol. The third-order valence-electron chi connectivity index (χ3n) is 6.00. The highest BCUT2D eigenvalue weighted by Gasteiger charge is 2.09. The number of hydrogen-bond acceptors (Lipinski definition) is 3. The lowest BCUT2D eigenvalue weighted by molar-refractivity contribution is -0.124. The minimum Gasteiger partial charge on any atom is -0.361 e. The van der Waals surface area contributed by atoms with Crippen molar-refractivity contribution < 1.29 is 10.0 Å². The number of hydroxylamine groups is 1. The molecule has 0 spiro atoms. The molecule has 3 rings (SSSR count). The molecule has 5 heteroatoms. The van der Waals surface area contributed by atoms with Gasteiger partial charge in [0.15, 0.2) is 0 Å². The van der Waals surface area contributed by atoms with Crippen LogP contribution in [0.2, 0.25) is 0 Å². The SMILES string of the molecule is CC#CCCCCCCN(CCc1c[nH]c2ccccc12)Cc1ccc(/C=C/C(=O)NO)cc1. The van der Waals surface area contributed by atoms with E-state index in [1.807, 2.05) is 19.1 Å². The second-order valence-electron chi connectivity index (χ2n) is 8.53. The van der Waals surface area contributed by atoms with E-state index in [0.717, 1.165) is 38.0 Å². The van der Waals surface area contributed by atoms with Gasteiger partial charge < -0.3 is 4.98 Å². The first-order valence-electron chi connectivity index (χ1n) is 12.1. The zero-order valence-corrected chi connectivity index (χ0v) is 20.0. The van der Waals surface area contributed by atoms with Crippen LogP contribution in [-0.4, -0.2) is 34.1 Å². The number of carbonyl (C=O) groups excluding carboxylic acids is 1. The Kier molecular flexibility index (Phi) is 10.4. The topological polar surface area (TPSA) is 68.4 Å². The molecule has 0 unspecified atom stereocenters. The number of aromatic amines is 1.